The first-order valence-electron chi connectivity index (χ1n) is 10.4. The number of nitrogens with one attached hydrogen (secondary N) is 1. The van der Waals surface area contributed by atoms with Crippen LogP contribution in [0.3, 0.4) is 0 Å². The maximum absolute atomic E-state index is 13.3. The Balaban J connectivity index is 1.84. The van der Waals surface area contributed by atoms with E-state index in [1.54, 1.807) is 6.20 Å². The van der Waals surface area contributed by atoms with E-state index >= 15 is 0 Å². The average Bonchev–Trinajstić information content (AvgIpc) is 2.97. The van der Waals surface area contributed by atoms with E-state index in [9.17, 15) is 4.79 Å². The van der Waals surface area contributed by atoms with Crippen molar-refractivity contribution >= 4 is 17.4 Å². The van der Waals surface area contributed by atoms with Gasteiger partial charge < -0.3 is 15.1 Å². The second kappa shape index (κ2) is 8.67. The second-order valence-electron chi connectivity index (χ2n) is 8.06. The average molecular weight is 384 g/mol. The van der Waals surface area contributed by atoms with Gasteiger partial charge in [-0.1, -0.05) is 45.9 Å². The number of carbonyl (C=O) groups is 1. The summed E-state index contributed by atoms with van der Waals surface area (Å²) >= 11 is 0. The van der Waals surface area contributed by atoms with E-state index < -0.39 is 0 Å². The maximum atomic E-state index is 13.3. The zero-order valence-electron chi connectivity index (χ0n) is 17.8. The molecule has 0 saturated carbocycles. The third kappa shape index (κ3) is 4.16. The molecule has 6 heteroatoms. The van der Waals surface area contributed by atoms with Crippen LogP contribution in [0.5, 0.6) is 0 Å². The van der Waals surface area contributed by atoms with E-state index in [-0.39, 0.29) is 12.1 Å². The Labute approximate surface area is 168 Å². The van der Waals surface area contributed by atoms with E-state index in [0.29, 0.717) is 12.5 Å². The standard InChI is InChI=1S/C22H33N5O/c1-6-18-15-25(5)21-11-9-8-10-17(21)14-26(18)22(28)24-19-12-23-27(13-16(3)4)20(19)7-2/h8-12,16,18H,6-7,13-15H2,1-5H3,(H,24,28). The summed E-state index contributed by atoms with van der Waals surface area (Å²) in [5.41, 5.74) is 4.30. The molecule has 28 heavy (non-hydrogen) atoms. The molecule has 2 amide bonds. The zero-order chi connectivity index (χ0) is 20.3. The van der Waals surface area contributed by atoms with Crippen molar-refractivity contribution in [3.8, 4) is 0 Å². The minimum atomic E-state index is -0.0456. The molecule has 2 aromatic rings. The van der Waals surface area contributed by atoms with Gasteiger partial charge in [0.05, 0.1) is 23.6 Å². The summed E-state index contributed by atoms with van der Waals surface area (Å²) < 4.78 is 2.02. The Hall–Kier alpha value is -2.50. The van der Waals surface area contributed by atoms with Gasteiger partial charge in [-0.25, -0.2) is 4.79 Å². The van der Waals surface area contributed by atoms with Crippen LogP contribution in [0.4, 0.5) is 16.2 Å². The lowest BCUT2D eigenvalue weighted by Gasteiger charge is -2.30. The molecule has 152 valence electrons. The van der Waals surface area contributed by atoms with Gasteiger partial charge in [0.25, 0.3) is 0 Å². The molecule has 0 aliphatic carbocycles. The maximum Gasteiger partial charge on any atom is 0.322 e. The Morgan fingerprint density at radius 1 is 1.29 bits per heavy atom. The topological polar surface area (TPSA) is 53.4 Å². The van der Waals surface area contributed by atoms with Crippen LogP contribution in [-0.2, 0) is 19.5 Å². The number of carbonyl (C=O) groups excluding carboxylic acids is 1. The van der Waals surface area contributed by atoms with E-state index in [4.69, 9.17) is 0 Å². The smallest absolute Gasteiger partial charge is 0.322 e. The van der Waals surface area contributed by atoms with Crippen molar-refractivity contribution in [2.45, 2.75) is 59.7 Å². The lowest BCUT2D eigenvalue weighted by Crippen LogP contribution is -2.45. The second-order valence-corrected chi connectivity index (χ2v) is 8.06. The van der Waals surface area contributed by atoms with Crippen LogP contribution >= 0.6 is 0 Å². The number of para-hydroxylation sites is 1. The molecule has 0 bridgehead atoms. The van der Waals surface area contributed by atoms with E-state index in [0.717, 1.165) is 37.3 Å². The van der Waals surface area contributed by atoms with Crippen molar-refractivity contribution in [2.24, 2.45) is 5.92 Å². The van der Waals surface area contributed by atoms with Gasteiger partial charge >= 0.3 is 6.03 Å². The number of urea groups is 1. The number of fused-ring (bicyclic) bond motifs is 1. The highest BCUT2D eigenvalue weighted by Gasteiger charge is 2.29. The number of amides is 2. The molecule has 1 aliphatic heterocycles. The molecule has 1 aliphatic rings. The first-order valence-corrected chi connectivity index (χ1v) is 10.4. The Bertz CT molecular complexity index is 813. The highest BCUT2D eigenvalue weighted by atomic mass is 16.2. The van der Waals surface area contributed by atoms with Crippen LogP contribution in [0.1, 0.15) is 45.4 Å². The van der Waals surface area contributed by atoms with Crippen LogP contribution in [0.25, 0.3) is 0 Å². The summed E-state index contributed by atoms with van der Waals surface area (Å²) in [6, 6.07) is 8.46. The largest absolute Gasteiger partial charge is 0.372 e. The van der Waals surface area contributed by atoms with Gasteiger partial charge in [0.2, 0.25) is 0 Å². The van der Waals surface area contributed by atoms with Gasteiger partial charge in [0, 0.05) is 32.4 Å². The summed E-state index contributed by atoms with van der Waals surface area (Å²) in [5, 5.41) is 7.65. The Kier molecular flexibility index (Phi) is 6.27. The minimum Gasteiger partial charge on any atom is -0.372 e. The highest BCUT2D eigenvalue weighted by molar-refractivity contribution is 5.90. The van der Waals surface area contributed by atoms with Crippen LogP contribution < -0.4 is 10.2 Å². The van der Waals surface area contributed by atoms with E-state index in [2.05, 4.69) is 68.3 Å². The predicted octanol–water partition coefficient (Wildman–Crippen LogP) is 4.36. The molecule has 0 radical (unpaired) electrons. The molecular formula is C22H33N5O. The molecule has 0 spiro atoms. The summed E-state index contributed by atoms with van der Waals surface area (Å²) in [6.07, 6.45) is 3.54. The summed E-state index contributed by atoms with van der Waals surface area (Å²) in [5.74, 6) is 0.510. The molecule has 0 fully saturated rings. The van der Waals surface area contributed by atoms with E-state index in [1.807, 2.05) is 15.6 Å². The number of aromatic nitrogens is 2. The number of anilines is 2. The fourth-order valence-corrected chi connectivity index (χ4v) is 4.01. The molecule has 3 rings (SSSR count). The fourth-order valence-electron chi connectivity index (χ4n) is 4.01. The van der Waals surface area contributed by atoms with Crippen molar-refractivity contribution in [3.05, 3.63) is 41.7 Å². The predicted molar refractivity (Wildman–Crippen MR) is 115 cm³/mol. The number of likely N-dealkylation sites (N-methyl/N-ethyl adjacent to an activating group) is 1. The Morgan fingerprint density at radius 3 is 2.71 bits per heavy atom. The van der Waals surface area contributed by atoms with Crippen molar-refractivity contribution in [1.82, 2.24) is 14.7 Å². The molecule has 1 atom stereocenters. The lowest BCUT2D eigenvalue weighted by molar-refractivity contribution is 0.185. The molecule has 0 saturated heterocycles. The first kappa shape index (κ1) is 20.2. The number of nitrogens with zero attached hydrogens (tertiary/aromatic N) is 4. The third-order valence-corrected chi connectivity index (χ3v) is 5.46. The van der Waals surface area contributed by atoms with Gasteiger partial charge in [-0.2, -0.15) is 5.10 Å². The fraction of sp³-hybridized carbons (Fsp3) is 0.545. The van der Waals surface area contributed by atoms with Gasteiger partial charge in [-0.15, -0.1) is 0 Å². The molecule has 1 aromatic heterocycles. The van der Waals surface area contributed by atoms with Crippen LogP contribution in [0.15, 0.2) is 30.5 Å². The van der Waals surface area contributed by atoms with Gasteiger partial charge in [-0.3, -0.25) is 4.68 Å². The van der Waals surface area contributed by atoms with Crippen LogP contribution in [-0.4, -0.2) is 40.3 Å². The number of hydrogen-bond acceptors (Lipinski definition) is 3. The van der Waals surface area contributed by atoms with Crippen molar-refractivity contribution in [2.75, 3.05) is 23.8 Å². The summed E-state index contributed by atoms with van der Waals surface area (Å²) in [4.78, 5) is 17.5. The van der Waals surface area contributed by atoms with Crippen molar-refractivity contribution < 1.29 is 4.79 Å². The molecule has 2 heterocycles. The Morgan fingerprint density at radius 2 is 2.04 bits per heavy atom. The van der Waals surface area contributed by atoms with Gasteiger partial charge in [-0.05, 0) is 30.4 Å². The summed E-state index contributed by atoms with van der Waals surface area (Å²) in [7, 11) is 2.11. The normalized spacial score (nSPS) is 16.9. The SMILES string of the molecule is CCc1c(NC(=O)N2Cc3ccccc3N(C)CC2CC)cnn1CC(C)C. The number of benzene rings is 1. The van der Waals surface area contributed by atoms with Crippen molar-refractivity contribution in [1.29, 1.82) is 0 Å². The quantitative estimate of drug-likeness (QED) is 0.834. The minimum absolute atomic E-state index is 0.0456. The highest BCUT2D eigenvalue weighted by Crippen LogP contribution is 2.28. The van der Waals surface area contributed by atoms with Crippen LogP contribution in [0, 0.1) is 5.92 Å². The van der Waals surface area contributed by atoms with Gasteiger partial charge in [0.15, 0.2) is 0 Å². The molecule has 1 unspecified atom stereocenters. The number of rotatable bonds is 5. The molecule has 6 nitrogen and oxygen atoms in total. The third-order valence-electron chi connectivity index (χ3n) is 5.46. The lowest BCUT2D eigenvalue weighted by atomic mass is 10.1. The molecular weight excluding hydrogens is 350 g/mol. The number of hydrogen-bond donors (Lipinski definition) is 1. The van der Waals surface area contributed by atoms with Crippen molar-refractivity contribution in [3.63, 3.8) is 0 Å². The molecule has 1 N–H and O–H groups in total. The first-order chi connectivity index (χ1) is 13.4. The van der Waals surface area contributed by atoms with Gasteiger partial charge in [0.1, 0.15) is 0 Å². The monoisotopic (exact) mass is 383 g/mol. The van der Waals surface area contributed by atoms with E-state index in [1.165, 1.54) is 11.3 Å². The summed E-state index contributed by atoms with van der Waals surface area (Å²) in [6.45, 7) is 10.9. The zero-order valence-corrected chi connectivity index (χ0v) is 17.8. The van der Waals surface area contributed by atoms with Crippen LogP contribution in [0.2, 0.25) is 0 Å². The molecule has 1 aromatic carbocycles.